The van der Waals surface area contributed by atoms with Gasteiger partial charge >= 0.3 is 0 Å². The number of rotatable bonds is 5. The van der Waals surface area contributed by atoms with E-state index < -0.39 is 0 Å². The minimum Gasteiger partial charge on any atom is -0.508 e. The van der Waals surface area contributed by atoms with Gasteiger partial charge in [-0.05, 0) is 53.1 Å². The molecule has 2 aliphatic heterocycles. The molecule has 0 aromatic heterocycles. The first-order valence-corrected chi connectivity index (χ1v) is 10.5. The number of hydrogen-bond acceptors (Lipinski definition) is 4. The van der Waals surface area contributed by atoms with Crippen LogP contribution in [-0.4, -0.2) is 24.7 Å². The van der Waals surface area contributed by atoms with Gasteiger partial charge in [0.2, 0.25) is 0 Å². The van der Waals surface area contributed by atoms with E-state index in [1.54, 1.807) is 54.7 Å². The van der Waals surface area contributed by atoms with E-state index in [4.69, 9.17) is 0 Å². The number of aromatic nitrogens is 3. The number of aromatic hydroxyl groups is 2. The highest BCUT2D eigenvalue weighted by molar-refractivity contribution is 5.81. The Bertz CT molecular complexity index is 1460. The summed E-state index contributed by atoms with van der Waals surface area (Å²) in [5.74, 6) is 0.827. The molecule has 0 saturated carbocycles. The van der Waals surface area contributed by atoms with Crippen LogP contribution in [0, 0.1) is 0 Å². The van der Waals surface area contributed by atoms with E-state index in [0.29, 0.717) is 34.9 Å². The fourth-order valence-electron chi connectivity index (χ4n) is 3.82. The van der Waals surface area contributed by atoms with E-state index >= 15 is 0 Å². The van der Waals surface area contributed by atoms with Crippen LogP contribution >= 0.6 is 0 Å². The summed E-state index contributed by atoms with van der Waals surface area (Å²) in [6, 6.07) is 23.2. The molecular weight excluding hydrogens is 414 g/mol. The van der Waals surface area contributed by atoms with Crippen LogP contribution in [0.2, 0.25) is 0 Å². The average molecular weight is 435 g/mol. The van der Waals surface area contributed by atoms with Gasteiger partial charge in [-0.3, -0.25) is 9.36 Å². The van der Waals surface area contributed by atoms with Crippen LogP contribution < -0.4 is 5.56 Å². The van der Waals surface area contributed by atoms with Gasteiger partial charge in [0.25, 0.3) is 5.56 Å². The molecule has 5 rings (SSSR count). The number of imidazole rings is 1. The summed E-state index contributed by atoms with van der Waals surface area (Å²) in [5, 5.41) is 19.2. The second-order valence-corrected chi connectivity index (χ2v) is 7.83. The molecule has 3 aromatic carbocycles. The summed E-state index contributed by atoms with van der Waals surface area (Å²) in [6.07, 6.45) is 2.06. The molecule has 0 aliphatic carbocycles. The van der Waals surface area contributed by atoms with Crippen LogP contribution in [0.25, 0.3) is 22.6 Å². The number of nitrogens with one attached hydrogen (secondary N) is 1. The summed E-state index contributed by atoms with van der Waals surface area (Å²) in [6.45, 7) is 4.27. The fraction of sp³-hybridized carbons (Fsp3) is 0.0370. The van der Waals surface area contributed by atoms with Crippen LogP contribution in [0.1, 0.15) is 22.5 Å². The molecule has 33 heavy (non-hydrogen) atoms. The first kappa shape index (κ1) is 20.3. The van der Waals surface area contributed by atoms with Gasteiger partial charge < -0.3 is 15.2 Å². The quantitative estimate of drug-likeness (QED) is 0.372. The molecule has 0 atom stereocenters. The molecule has 3 N–H and O–H groups in total. The normalized spacial score (nSPS) is 11.0. The van der Waals surface area contributed by atoms with Crippen molar-refractivity contribution < 1.29 is 10.2 Å². The van der Waals surface area contributed by atoms with Crippen LogP contribution in [0.15, 0.2) is 96.4 Å². The Hall–Kier alpha value is -4.58. The van der Waals surface area contributed by atoms with Crippen LogP contribution in [-0.2, 0) is 6.42 Å². The van der Waals surface area contributed by atoms with Crippen LogP contribution in [0.5, 0.6) is 11.5 Å². The molecule has 2 heterocycles. The van der Waals surface area contributed by atoms with Gasteiger partial charge in [-0.25, -0.2) is 4.98 Å². The van der Waals surface area contributed by atoms with Gasteiger partial charge in [-0.15, -0.1) is 0 Å². The van der Waals surface area contributed by atoms with E-state index in [-0.39, 0.29) is 17.1 Å². The summed E-state index contributed by atoms with van der Waals surface area (Å²) in [7, 11) is 0. The van der Waals surface area contributed by atoms with Gasteiger partial charge in [0.1, 0.15) is 17.2 Å². The Morgan fingerprint density at radius 3 is 2.21 bits per heavy atom. The van der Waals surface area contributed by atoms with E-state index in [9.17, 15) is 15.0 Å². The highest BCUT2D eigenvalue weighted by Crippen LogP contribution is 2.29. The molecule has 0 radical (unpaired) electrons. The Kier molecular flexibility index (Phi) is 5.03. The van der Waals surface area contributed by atoms with Gasteiger partial charge in [0.15, 0.2) is 5.82 Å². The van der Waals surface area contributed by atoms with Crippen molar-refractivity contribution in [1.29, 1.82) is 0 Å². The number of hydrogen-bond donors (Lipinski definition) is 3. The molecule has 2 aliphatic rings. The zero-order valence-electron chi connectivity index (χ0n) is 17.7. The molecule has 3 aromatic rings. The third-order valence-corrected chi connectivity index (χ3v) is 5.59. The number of aromatic amines is 1. The predicted octanol–water partition coefficient (Wildman–Crippen LogP) is 4.73. The van der Waals surface area contributed by atoms with Crippen molar-refractivity contribution in [2.24, 2.45) is 0 Å². The van der Waals surface area contributed by atoms with Crippen molar-refractivity contribution in [2.45, 2.75) is 6.42 Å². The molecule has 6 nitrogen and oxygen atoms in total. The highest BCUT2D eigenvalue weighted by Gasteiger charge is 2.22. The van der Waals surface area contributed by atoms with Crippen molar-refractivity contribution in [3.05, 3.63) is 125 Å². The molecule has 0 spiro atoms. The third kappa shape index (κ3) is 3.90. The van der Waals surface area contributed by atoms with Gasteiger partial charge in [-0.1, -0.05) is 49.0 Å². The second-order valence-electron chi connectivity index (χ2n) is 7.83. The first-order valence-electron chi connectivity index (χ1n) is 10.5. The minimum atomic E-state index is -0.214. The van der Waals surface area contributed by atoms with E-state index in [1.807, 2.05) is 30.3 Å². The zero-order chi connectivity index (χ0) is 22.9. The van der Waals surface area contributed by atoms with E-state index in [0.717, 1.165) is 16.7 Å². The van der Waals surface area contributed by atoms with E-state index in [1.165, 1.54) is 4.57 Å². The Labute approximate surface area is 190 Å². The number of H-pyrrole nitrogens is 1. The lowest BCUT2D eigenvalue weighted by Gasteiger charge is -2.15. The zero-order valence-corrected chi connectivity index (χ0v) is 17.7. The van der Waals surface area contributed by atoms with Gasteiger partial charge in [0.05, 0.1) is 11.4 Å². The summed E-state index contributed by atoms with van der Waals surface area (Å²) in [4.78, 5) is 21.4. The molecule has 6 heteroatoms. The standard InChI is InChI=1S/C27H21N3O3/c1-17(19-5-3-2-4-6-19)25-26-29-23(15-18-7-11-21(31)12-8-18)27(33)30(26)16-24(28-25)20-9-13-22(32)14-10-20/h2-14,16,28,31-32H,1,15H2. The fourth-order valence-corrected chi connectivity index (χ4v) is 3.82. The maximum absolute atomic E-state index is 13.3. The van der Waals surface area contributed by atoms with Crippen LogP contribution in [0.3, 0.4) is 0 Å². The minimum absolute atomic E-state index is 0.164. The number of benzene rings is 3. The smallest absolute Gasteiger partial charge is 0.278 e. The molecule has 162 valence electrons. The molecule has 0 unspecified atom stereocenters. The first-order chi connectivity index (χ1) is 16.0. The van der Waals surface area contributed by atoms with Crippen molar-refractivity contribution in [3.8, 4) is 28.6 Å². The number of phenols is 2. The lowest BCUT2D eigenvalue weighted by molar-refractivity contribution is 0.474. The van der Waals surface area contributed by atoms with Crippen molar-refractivity contribution >= 4 is 5.57 Å². The molecule has 0 fully saturated rings. The summed E-state index contributed by atoms with van der Waals surface area (Å²) in [5.41, 5.74) is 4.83. The largest absolute Gasteiger partial charge is 0.508 e. The SMILES string of the molecule is C=C(c1ccccc1)c1[nH]c(-c2ccc(O)cc2)cn2c(=O)c(Cc3ccc(O)cc3)nc1-2. The molecule has 0 saturated heterocycles. The molecular formula is C27H21N3O3. The monoisotopic (exact) mass is 435 g/mol. The van der Waals surface area contributed by atoms with Crippen molar-refractivity contribution in [1.82, 2.24) is 14.5 Å². The highest BCUT2D eigenvalue weighted by atomic mass is 16.3. The lowest BCUT2D eigenvalue weighted by atomic mass is 10.0. The van der Waals surface area contributed by atoms with Gasteiger partial charge in [-0.2, -0.15) is 0 Å². The average Bonchev–Trinajstić information content (AvgIpc) is 3.15. The Morgan fingerprint density at radius 2 is 1.55 bits per heavy atom. The number of phenolic OH excluding ortho intramolecular Hbond substituents is 2. The molecule has 0 amide bonds. The maximum Gasteiger partial charge on any atom is 0.278 e. The lowest BCUT2D eigenvalue weighted by Crippen LogP contribution is -2.17. The second kappa shape index (κ2) is 8.16. The number of nitrogens with zero attached hydrogens (tertiary/aromatic N) is 2. The van der Waals surface area contributed by atoms with Crippen molar-refractivity contribution in [2.75, 3.05) is 0 Å². The summed E-state index contributed by atoms with van der Waals surface area (Å²) >= 11 is 0. The van der Waals surface area contributed by atoms with Crippen molar-refractivity contribution in [3.63, 3.8) is 0 Å². The topological polar surface area (TPSA) is 91.1 Å². The number of fused-ring (bicyclic) bond motifs is 1. The third-order valence-electron chi connectivity index (χ3n) is 5.59. The Balaban J connectivity index is 1.68. The van der Waals surface area contributed by atoms with E-state index in [2.05, 4.69) is 16.5 Å². The maximum atomic E-state index is 13.3. The Morgan fingerprint density at radius 1 is 0.909 bits per heavy atom. The molecule has 0 bridgehead atoms. The van der Waals surface area contributed by atoms with Crippen LogP contribution in [0.4, 0.5) is 0 Å². The predicted molar refractivity (Wildman–Crippen MR) is 128 cm³/mol. The summed E-state index contributed by atoms with van der Waals surface area (Å²) < 4.78 is 1.54. The van der Waals surface area contributed by atoms with Gasteiger partial charge in [0, 0.05) is 18.2 Å².